The minimum atomic E-state index is -0.182. The highest BCUT2D eigenvalue weighted by Crippen LogP contribution is 2.33. The van der Waals surface area contributed by atoms with Crippen LogP contribution in [0.2, 0.25) is 5.02 Å². The average Bonchev–Trinajstić information content (AvgIpc) is 2.80. The molecule has 1 saturated heterocycles. The number of nitrogens with zero attached hydrogens (tertiary/aromatic N) is 3. The highest BCUT2D eigenvalue weighted by molar-refractivity contribution is 6.31. The van der Waals surface area contributed by atoms with Crippen LogP contribution in [-0.2, 0) is 11.3 Å². The molecule has 1 atom stereocenters. The van der Waals surface area contributed by atoms with Gasteiger partial charge in [-0.25, -0.2) is 0 Å². The van der Waals surface area contributed by atoms with Gasteiger partial charge < -0.3 is 10.5 Å². The standard InChI is InChI=1S/C14H25ClN4O/c1-4-5-19-12(11(15)10-17-19)13(16)14(2,3)18-6-8-20-9-7-18/h10,13H,4-9,16H2,1-3H3. The summed E-state index contributed by atoms with van der Waals surface area (Å²) in [6.07, 6.45) is 2.71. The van der Waals surface area contributed by atoms with Crippen LogP contribution in [0.1, 0.15) is 38.9 Å². The summed E-state index contributed by atoms with van der Waals surface area (Å²) in [5.74, 6) is 0. The molecule has 0 amide bonds. The van der Waals surface area contributed by atoms with Crippen molar-refractivity contribution in [1.29, 1.82) is 0 Å². The van der Waals surface area contributed by atoms with Gasteiger partial charge in [-0.15, -0.1) is 0 Å². The van der Waals surface area contributed by atoms with Gasteiger partial charge in [0.15, 0.2) is 0 Å². The smallest absolute Gasteiger partial charge is 0.0834 e. The highest BCUT2D eigenvalue weighted by atomic mass is 35.5. The molecule has 2 N–H and O–H groups in total. The zero-order chi connectivity index (χ0) is 14.8. The van der Waals surface area contributed by atoms with E-state index in [1.807, 2.05) is 4.68 Å². The molecule has 5 nitrogen and oxygen atoms in total. The second-order valence-electron chi connectivity index (χ2n) is 5.83. The van der Waals surface area contributed by atoms with Crippen LogP contribution in [0.5, 0.6) is 0 Å². The van der Waals surface area contributed by atoms with Crippen LogP contribution >= 0.6 is 11.6 Å². The quantitative estimate of drug-likeness (QED) is 0.904. The van der Waals surface area contributed by atoms with Crippen molar-refractivity contribution in [3.63, 3.8) is 0 Å². The van der Waals surface area contributed by atoms with Crippen LogP contribution in [-0.4, -0.2) is 46.5 Å². The van der Waals surface area contributed by atoms with E-state index in [1.165, 1.54) is 0 Å². The fourth-order valence-electron chi connectivity index (χ4n) is 2.74. The topological polar surface area (TPSA) is 56.3 Å². The molecule has 114 valence electrons. The first-order valence-corrected chi connectivity index (χ1v) is 7.65. The van der Waals surface area contributed by atoms with Crippen molar-refractivity contribution in [3.05, 3.63) is 16.9 Å². The molecular formula is C14H25ClN4O. The van der Waals surface area contributed by atoms with Gasteiger partial charge in [0.25, 0.3) is 0 Å². The van der Waals surface area contributed by atoms with E-state index in [0.29, 0.717) is 5.02 Å². The monoisotopic (exact) mass is 300 g/mol. The van der Waals surface area contributed by atoms with Gasteiger partial charge in [0, 0.05) is 25.2 Å². The van der Waals surface area contributed by atoms with Crippen molar-refractivity contribution in [3.8, 4) is 0 Å². The van der Waals surface area contributed by atoms with Gasteiger partial charge in [-0.3, -0.25) is 9.58 Å². The van der Waals surface area contributed by atoms with Crippen LogP contribution in [0.4, 0.5) is 0 Å². The number of morpholine rings is 1. The Morgan fingerprint density at radius 3 is 2.70 bits per heavy atom. The minimum absolute atomic E-state index is 0.179. The molecule has 1 aromatic heterocycles. The maximum absolute atomic E-state index is 6.55. The Balaban J connectivity index is 2.24. The van der Waals surface area contributed by atoms with Gasteiger partial charge in [-0.05, 0) is 20.3 Å². The normalized spacial score (nSPS) is 19.2. The molecular weight excluding hydrogens is 276 g/mol. The molecule has 20 heavy (non-hydrogen) atoms. The van der Waals surface area contributed by atoms with E-state index in [4.69, 9.17) is 22.1 Å². The molecule has 0 aromatic carbocycles. The molecule has 0 aliphatic carbocycles. The van der Waals surface area contributed by atoms with Crippen molar-refractivity contribution in [2.45, 2.75) is 45.3 Å². The third kappa shape index (κ3) is 3.01. The van der Waals surface area contributed by atoms with Crippen LogP contribution in [0.15, 0.2) is 6.20 Å². The van der Waals surface area contributed by atoms with Crippen LogP contribution in [0, 0.1) is 0 Å². The summed E-state index contributed by atoms with van der Waals surface area (Å²) in [5.41, 5.74) is 7.31. The Morgan fingerprint density at radius 1 is 1.45 bits per heavy atom. The lowest BCUT2D eigenvalue weighted by Crippen LogP contribution is -2.55. The van der Waals surface area contributed by atoms with E-state index in [-0.39, 0.29) is 11.6 Å². The molecule has 2 heterocycles. The van der Waals surface area contributed by atoms with E-state index in [9.17, 15) is 0 Å². The van der Waals surface area contributed by atoms with E-state index in [0.717, 1.165) is 45.0 Å². The first-order valence-electron chi connectivity index (χ1n) is 7.28. The molecule has 1 fully saturated rings. The maximum atomic E-state index is 6.55. The number of ether oxygens (including phenoxy) is 1. The zero-order valence-corrected chi connectivity index (χ0v) is 13.4. The van der Waals surface area contributed by atoms with Crippen LogP contribution in [0.3, 0.4) is 0 Å². The third-order valence-corrected chi connectivity index (χ3v) is 4.44. The lowest BCUT2D eigenvalue weighted by molar-refractivity contribution is -0.0199. The van der Waals surface area contributed by atoms with E-state index < -0.39 is 0 Å². The molecule has 0 spiro atoms. The van der Waals surface area contributed by atoms with Crippen LogP contribution < -0.4 is 5.73 Å². The summed E-state index contributed by atoms with van der Waals surface area (Å²) in [7, 11) is 0. The molecule has 0 saturated carbocycles. The van der Waals surface area contributed by atoms with Crippen molar-refractivity contribution in [1.82, 2.24) is 14.7 Å². The highest BCUT2D eigenvalue weighted by Gasteiger charge is 2.37. The molecule has 0 radical (unpaired) electrons. The molecule has 1 aromatic rings. The minimum Gasteiger partial charge on any atom is -0.379 e. The largest absolute Gasteiger partial charge is 0.379 e. The summed E-state index contributed by atoms with van der Waals surface area (Å²) >= 11 is 6.31. The summed E-state index contributed by atoms with van der Waals surface area (Å²) < 4.78 is 7.36. The first-order chi connectivity index (χ1) is 9.48. The fraction of sp³-hybridized carbons (Fsp3) is 0.786. The predicted octanol–water partition coefficient (Wildman–Crippen LogP) is 2.06. The Bertz CT molecular complexity index is 440. The summed E-state index contributed by atoms with van der Waals surface area (Å²) in [4.78, 5) is 2.38. The predicted molar refractivity (Wildman–Crippen MR) is 80.9 cm³/mol. The molecule has 1 unspecified atom stereocenters. The number of aryl methyl sites for hydroxylation is 1. The SMILES string of the molecule is CCCn1ncc(Cl)c1C(N)C(C)(C)N1CCOCC1. The zero-order valence-electron chi connectivity index (χ0n) is 12.6. The van der Waals surface area contributed by atoms with Crippen molar-refractivity contribution < 1.29 is 4.74 Å². The average molecular weight is 301 g/mol. The van der Waals surface area contributed by atoms with E-state index in [1.54, 1.807) is 6.20 Å². The van der Waals surface area contributed by atoms with E-state index in [2.05, 4.69) is 30.8 Å². The summed E-state index contributed by atoms with van der Waals surface area (Å²) in [6, 6.07) is -0.179. The molecule has 1 aliphatic rings. The summed E-state index contributed by atoms with van der Waals surface area (Å²) in [6.45, 7) is 10.6. The molecule has 6 heteroatoms. The molecule has 2 rings (SSSR count). The fourth-order valence-corrected chi connectivity index (χ4v) is 3.00. The third-order valence-electron chi connectivity index (χ3n) is 4.15. The van der Waals surface area contributed by atoms with Gasteiger partial charge in [0.2, 0.25) is 0 Å². The lowest BCUT2D eigenvalue weighted by Gasteiger charge is -2.44. The number of aromatic nitrogens is 2. The van der Waals surface area contributed by atoms with Gasteiger partial charge in [0.05, 0.1) is 36.2 Å². The lowest BCUT2D eigenvalue weighted by atomic mass is 9.90. The number of hydrogen-bond donors (Lipinski definition) is 1. The number of rotatable bonds is 5. The van der Waals surface area contributed by atoms with Crippen molar-refractivity contribution in [2.75, 3.05) is 26.3 Å². The Labute approximate surface area is 126 Å². The van der Waals surface area contributed by atoms with Gasteiger partial charge in [-0.1, -0.05) is 18.5 Å². The van der Waals surface area contributed by atoms with Gasteiger partial charge in [-0.2, -0.15) is 5.10 Å². The number of halogens is 1. The maximum Gasteiger partial charge on any atom is 0.0834 e. The molecule has 0 bridgehead atoms. The van der Waals surface area contributed by atoms with E-state index >= 15 is 0 Å². The van der Waals surface area contributed by atoms with Crippen molar-refractivity contribution >= 4 is 11.6 Å². The van der Waals surface area contributed by atoms with Gasteiger partial charge in [0.1, 0.15) is 0 Å². The Morgan fingerprint density at radius 2 is 2.10 bits per heavy atom. The number of hydrogen-bond acceptors (Lipinski definition) is 4. The van der Waals surface area contributed by atoms with Crippen molar-refractivity contribution in [2.24, 2.45) is 5.73 Å². The Hall–Kier alpha value is -0.620. The van der Waals surface area contributed by atoms with Crippen LogP contribution in [0.25, 0.3) is 0 Å². The number of nitrogens with two attached hydrogens (primary N) is 1. The summed E-state index contributed by atoms with van der Waals surface area (Å²) in [5, 5.41) is 5.01. The van der Waals surface area contributed by atoms with Gasteiger partial charge >= 0.3 is 0 Å². The second kappa shape index (κ2) is 6.43. The molecule has 1 aliphatic heterocycles. The first kappa shape index (κ1) is 15.8. The second-order valence-corrected chi connectivity index (χ2v) is 6.24. The Kier molecular flexibility index (Phi) is 5.07.